The maximum Gasteiger partial charge on any atom is 0.416 e. The second kappa shape index (κ2) is 6.93. The van der Waals surface area contributed by atoms with Gasteiger partial charge < -0.3 is 0 Å². The monoisotopic (exact) mass is 367 g/mol. The van der Waals surface area contributed by atoms with E-state index in [2.05, 4.69) is 33.4 Å². The van der Waals surface area contributed by atoms with Crippen molar-refractivity contribution in [2.75, 3.05) is 7.05 Å². The number of halogens is 3. The third kappa shape index (κ3) is 3.88. The van der Waals surface area contributed by atoms with Crippen LogP contribution in [0.1, 0.15) is 29.2 Å². The van der Waals surface area contributed by atoms with Crippen LogP contribution in [0.2, 0.25) is 0 Å². The number of hydrogen-bond donors (Lipinski definition) is 0. The molecule has 0 bridgehead atoms. The number of alkyl halides is 3. The summed E-state index contributed by atoms with van der Waals surface area (Å²) in [6.07, 6.45) is -4.36. The summed E-state index contributed by atoms with van der Waals surface area (Å²) in [4.78, 5) is 3.30. The quantitative estimate of drug-likeness (QED) is 0.685. The summed E-state index contributed by atoms with van der Waals surface area (Å²) in [6.45, 7) is 2.55. The van der Waals surface area contributed by atoms with Gasteiger partial charge in [-0.15, -0.1) is 16.4 Å². The number of hydrogen-bond acceptors (Lipinski definition) is 5. The molecular formula is C16H16F3N5S. The first-order valence-corrected chi connectivity index (χ1v) is 8.43. The predicted molar refractivity (Wildman–Crippen MR) is 88.4 cm³/mol. The van der Waals surface area contributed by atoms with Crippen LogP contribution in [-0.2, 0) is 12.7 Å². The molecule has 5 nitrogen and oxygen atoms in total. The minimum atomic E-state index is -4.36. The third-order valence-electron chi connectivity index (χ3n) is 3.98. The maximum atomic E-state index is 12.7. The number of tetrazole rings is 1. The van der Waals surface area contributed by atoms with Crippen LogP contribution in [0.15, 0.2) is 41.8 Å². The number of nitrogens with zero attached hydrogens (tertiary/aromatic N) is 5. The third-order valence-corrected chi connectivity index (χ3v) is 5.02. The van der Waals surface area contributed by atoms with Gasteiger partial charge in [0.25, 0.3) is 0 Å². The van der Waals surface area contributed by atoms with E-state index >= 15 is 0 Å². The Morgan fingerprint density at radius 2 is 1.92 bits per heavy atom. The molecule has 0 saturated heterocycles. The molecule has 1 aromatic carbocycles. The molecular weight excluding hydrogens is 351 g/mol. The molecule has 0 aliphatic heterocycles. The fraction of sp³-hybridized carbons (Fsp3) is 0.312. The van der Waals surface area contributed by atoms with Gasteiger partial charge in [-0.05, 0) is 60.1 Å². The average molecular weight is 367 g/mol. The van der Waals surface area contributed by atoms with Crippen LogP contribution in [0.4, 0.5) is 13.2 Å². The number of benzene rings is 1. The van der Waals surface area contributed by atoms with E-state index < -0.39 is 11.7 Å². The van der Waals surface area contributed by atoms with Gasteiger partial charge >= 0.3 is 6.18 Å². The summed E-state index contributed by atoms with van der Waals surface area (Å²) in [5.74, 6) is 0.561. The standard InChI is InChI=1S/C16H16F3N5S/c1-11(14-4-3-9-25-14)23(2)10-15-20-21-22-24(15)13-7-5-12(6-8-13)16(17,18)19/h3-9,11H,10H2,1-2H3/t11-/m1/s1. The Morgan fingerprint density at radius 1 is 1.20 bits per heavy atom. The van der Waals surface area contributed by atoms with E-state index in [1.54, 1.807) is 11.3 Å². The van der Waals surface area contributed by atoms with Crippen LogP contribution >= 0.6 is 11.3 Å². The molecule has 0 aliphatic rings. The van der Waals surface area contributed by atoms with Gasteiger partial charge in [0.1, 0.15) is 0 Å². The molecule has 1 atom stereocenters. The van der Waals surface area contributed by atoms with Crippen LogP contribution in [-0.4, -0.2) is 32.2 Å². The highest BCUT2D eigenvalue weighted by Crippen LogP contribution is 2.30. The maximum absolute atomic E-state index is 12.7. The minimum Gasteiger partial charge on any atom is -0.291 e. The summed E-state index contributed by atoms with van der Waals surface area (Å²) in [5, 5.41) is 13.6. The van der Waals surface area contributed by atoms with E-state index in [1.807, 2.05) is 18.5 Å². The molecule has 2 heterocycles. The Hall–Kier alpha value is -2.26. The van der Waals surface area contributed by atoms with E-state index in [-0.39, 0.29) is 6.04 Å². The van der Waals surface area contributed by atoms with Gasteiger partial charge in [0.2, 0.25) is 0 Å². The van der Waals surface area contributed by atoms with Crippen LogP contribution < -0.4 is 0 Å². The average Bonchev–Trinajstić information content (AvgIpc) is 3.25. The number of rotatable bonds is 5. The lowest BCUT2D eigenvalue weighted by molar-refractivity contribution is -0.137. The normalized spacial score (nSPS) is 13.4. The van der Waals surface area contributed by atoms with Crippen LogP contribution in [0.3, 0.4) is 0 Å². The van der Waals surface area contributed by atoms with Gasteiger partial charge in [0.15, 0.2) is 5.82 Å². The Balaban J connectivity index is 1.79. The fourth-order valence-corrected chi connectivity index (χ4v) is 3.25. The van der Waals surface area contributed by atoms with E-state index in [0.29, 0.717) is 18.1 Å². The van der Waals surface area contributed by atoms with Gasteiger partial charge in [-0.2, -0.15) is 17.9 Å². The van der Waals surface area contributed by atoms with Crippen molar-refractivity contribution < 1.29 is 13.2 Å². The van der Waals surface area contributed by atoms with Crippen LogP contribution in [0, 0.1) is 0 Å². The molecule has 0 aliphatic carbocycles. The smallest absolute Gasteiger partial charge is 0.291 e. The van der Waals surface area contributed by atoms with Crippen molar-refractivity contribution in [3.05, 3.63) is 58.0 Å². The zero-order chi connectivity index (χ0) is 18.0. The molecule has 0 spiro atoms. The van der Waals surface area contributed by atoms with E-state index in [1.165, 1.54) is 21.7 Å². The highest BCUT2D eigenvalue weighted by Gasteiger charge is 2.30. The first-order chi connectivity index (χ1) is 11.9. The highest BCUT2D eigenvalue weighted by molar-refractivity contribution is 7.10. The molecule has 3 aromatic rings. The van der Waals surface area contributed by atoms with Gasteiger partial charge in [-0.25, -0.2) is 0 Å². The lowest BCUT2D eigenvalue weighted by Crippen LogP contribution is -2.23. The molecule has 0 radical (unpaired) electrons. The van der Waals surface area contributed by atoms with Crippen molar-refractivity contribution in [1.29, 1.82) is 0 Å². The van der Waals surface area contributed by atoms with Gasteiger partial charge in [-0.3, -0.25) is 4.90 Å². The minimum absolute atomic E-state index is 0.178. The van der Waals surface area contributed by atoms with Crippen molar-refractivity contribution >= 4 is 11.3 Å². The van der Waals surface area contributed by atoms with E-state index in [4.69, 9.17) is 0 Å². The molecule has 9 heteroatoms. The fourth-order valence-electron chi connectivity index (χ4n) is 2.40. The molecule has 25 heavy (non-hydrogen) atoms. The second-order valence-corrected chi connectivity index (χ2v) is 6.64. The molecule has 3 rings (SSSR count). The van der Waals surface area contributed by atoms with Gasteiger partial charge in [0.05, 0.1) is 17.8 Å². The van der Waals surface area contributed by atoms with Crippen molar-refractivity contribution in [2.24, 2.45) is 0 Å². The highest BCUT2D eigenvalue weighted by atomic mass is 32.1. The summed E-state index contributed by atoms with van der Waals surface area (Å²) in [7, 11) is 1.95. The summed E-state index contributed by atoms with van der Waals surface area (Å²) < 4.78 is 39.5. The lowest BCUT2D eigenvalue weighted by Gasteiger charge is -2.23. The summed E-state index contributed by atoms with van der Waals surface area (Å²) in [5.41, 5.74) is -0.209. The number of aromatic nitrogens is 4. The summed E-state index contributed by atoms with van der Waals surface area (Å²) >= 11 is 1.67. The molecule has 2 aromatic heterocycles. The van der Waals surface area contributed by atoms with Crippen molar-refractivity contribution in [3.63, 3.8) is 0 Å². The SMILES string of the molecule is C[C@H](c1cccs1)N(C)Cc1nnnn1-c1ccc(C(F)(F)F)cc1. The molecule has 132 valence electrons. The lowest BCUT2D eigenvalue weighted by atomic mass is 10.2. The largest absolute Gasteiger partial charge is 0.416 e. The second-order valence-electron chi connectivity index (χ2n) is 5.66. The Bertz CT molecular complexity index is 811. The Kier molecular flexibility index (Phi) is 4.87. The Labute approximate surface area is 146 Å². The molecule has 0 saturated carbocycles. The molecule has 0 amide bonds. The topological polar surface area (TPSA) is 46.8 Å². The van der Waals surface area contributed by atoms with Crippen LogP contribution in [0.5, 0.6) is 0 Å². The van der Waals surface area contributed by atoms with Crippen molar-refractivity contribution in [3.8, 4) is 5.69 Å². The predicted octanol–water partition coefficient (Wildman–Crippen LogP) is 3.94. The molecule has 0 fully saturated rings. The van der Waals surface area contributed by atoms with Crippen molar-refractivity contribution in [2.45, 2.75) is 25.7 Å². The molecule has 0 N–H and O–H groups in total. The van der Waals surface area contributed by atoms with Gasteiger partial charge in [-0.1, -0.05) is 6.07 Å². The van der Waals surface area contributed by atoms with E-state index in [9.17, 15) is 13.2 Å². The Morgan fingerprint density at radius 3 is 2.52 bits per heavy atom. The zero-order valence-electron chi connectivity index (χ0n) is 13.6. The first-order valence-electron chi connectivity index (χ1n) is 7.55. The first kappa shape index (κ1) is 17.6. The zero-order valence-corrected chi connectivity index (χ0v) is 14.4. The number of thiophene rings is 1. The van der Waals surface area contributed by atoms with E-state index in [0.717, 1.165) is 12.1 Å². The van der Waals surface area contributed by atoms with Crippen LogP contribution in [0.25, 0.3) is 5.69 Å². The van der Waals surface area contributed by atoms with Crippen molar-refractivity contribution in [1.82, 2.24) is 25.1 Å². The molecule has 0 unspecified atom stereocenters. The summed E-state index contributed by atoms with van der Waals surface area (Å²) in [6, 6.07) is 9.02. The van der Waals surface area contributed by atoms with Gasteiger partial charge in [0, 0.05) is 10.9 Å².